The Hall–Kier alpha value is -3.33. The van der Waals surface area contributed by atoms with Gasteiger partial charge in [0.1, 0.15) is 11.5 Å². The Morgan fingerprint density at radius 2 is 1.97 bits per heavy atom. The van der Waals surface area contributed by atoms with Gasteiger partial charge < -0.3 is 15.2 Å². The van der Waals surface area contributed by atoms with E-state index in [-0.39, 0.29) is 17.4 Å². The van der Waals surface area contributed by atoms with Crippen LogP contribution in [0.25, 0.3) is 10.9 Å². The predicted octanol–water partition coefficient (Wildman–Crippen LogP) is 1.92. The molecule has 0 spiro atoms. The number of nitrogens with zero attached hydrogens (tertiary/aromatic N) is 5. The lowest BCUT2D eigenvalue weighted by Crippen LogP contribution is -2.48. The topological polar surface area (TPSA) is 107 Å². The molecule has 0 radical (unpaired) electrons. The minimum atomic E-state index is -0.168. The van der Waals surface area contributed by atoms with Crippen LogP contribution in [0.3, 0.4) is 0 Å². The average Bonchev–Trinajstić information content (AvgIpc) is 2.88. The number of pyridine rings is 2. The second-order valence-electron chi connectivity index (χ2n) is 8.88. The molecule has 0 aliphatic carbocycles. The van der Waals surface area contributed by atoms with E-state index < -0.39 is 0 Å². The molecular weight excluding hydrogens is 418 g/mol. The summed E-state index contributed by atoms with van der Waals surface area (Å²) in [6.45, 7) is 3.94. The summed E-state index contributed by atoms with van der Waals surface area (Å²) in [6, 6.07) is 6.09. The number of carbonyl (C=O) groups is 1. The number of hydrogen-bond acceptors (Lipinski definition) is 7. The van der Waals surface area contributed by atoms with Gasteiger partial charge in [-0.1, -0.05) is 0 Å². The third-order valence-electron chi connectivity index (χ3n) is 6.92. The molecule has 0 saturated carbocycles. The molecule has 0 bridgehead atoms. The summed E-state index contributed by atoms with van der Waals surface area (Å²) in [5.41, 5.74) is 2.10. The van der Waals surface area contributed by atoms with Crippen LogP contribution in [0, 0.1) is 0 Å². The molecule has 33 heavy (non-hydrogen) atoms. The summed E-state index contributed by atoms with van der Waals surface area (Å²) in [7, 11) is 1.61. The molecule has 172 valence electrons. The van der Waals surface area contributed by atoms with Crippen LogP contribution in [0.4, 0.5) is 5.69 Å². The summed E-state index contributed by atoms with van der Waals surface area (Å²) in [5, 5.41) is 3.14. The average molecular weight is 448 g/mol. The van der Waals surface area contributed by atoms with Crippen LogP contribution in [0.15, 0.2) is 41.6 Å². The van der Waals surface area contributed by atoms with Gasteiger partial charge in [-0.25, -0.2) is 9.97 Å². The van der Waals surface area contributed by atoms with Crippen molar-refractivity contribution in [1.82, 2.24) is 30.2 Å². The number of aromatic nitrogens is 4. The van der Waals surface area contributed by atoms with E-state index in [1.807, 2.05) is 6.07 Å². The second-order valence-corrected chi connectivity index (χ2v) is 8.88. The maximum absolute atomic E-state index is 12.5. The van der Waals surface area contributed by atoms with Gasteiger partial charge in [0.15, 0.2) is 0 Å². The highest BCUT2D eigenvalue weighted by Crippen LogP contribution is 2.29. The Kier molecular flexibility index (Phi) is 6.04. The minimum absolute atomic E-state index is 0.107. The maximum atomic E-state index is 12.5. The van der Waals surface area contributed by atoms with Crippen molar-refractivity contribution < 1.29 is 4.79 Å². The predicted molar refractivity (Wildman–Crippen MR) is 127 cm³/mol. The van der Waals surface area contributed by atoms with E-state index in [1.165, 1.54) is 0 Å². The molecule has 9 heteroatoms. The van der Waals surface area contributed by atoms with Gasteiger partial charge in [-0.2, -0.15) is 0 Å². The number of carbonyl (C=O) groups excluding carboxylic acids is 1. The zero-order valence-electron chi connectivity index (χ0n) is 18.8. The molecule has 1 atom stereocenters. The quantitative estimate of drug-likeness (QED) is 0.629. The molecule has 1 unspecified atom stereocenters. The van der Waals surface area contributed by atoms with Crippen LogP contribution in [-0.4, -0.2) is 70.0 Å². The number of aromatic amines is 1. The number of likely N-dealkylation sites (tertiary alicyclic amines) is 1. The van der Waals surface area contributed by atoms with Crippen molar-refractivity contribution >= 4 is 22.5 Å². The second kappa shape index (κ2) is 9.27. The Labute approximate surface area is 192 Å². The first-order valence-electron chi connectivity index (χ1n) is 11.6. The number of anilines is 1. The van der Waals surface area contributed by atoms with Crippen LogP contribution in [-0.2, 0) is 0 Å². The maximum Gasteiger partial charge on any atom is 0.269 e. The molecule has 2 aliphatic rings. The highest BCUT2D eigenvalue weighted by Gasteiger charge is 2.30. The van der Waals surface area contributed by atoms with Crippen LogP contribution in [0.2, 0.25) is 0 Å². The Morgan fingerprint density at radius 1 is 1.12 bits per heavy atom. The lowest BCUT2D eigenvalue weighted by atomic mass is 9.93. The summed E-state index contributed by atoms with van der Waals surface area (Å²) in [6.07, 6.45) is 9.36. The van der Waals surface area contributed by atoms with Gasteiger partial charge in [-0.3, -0.25) is 19.5 Å². The first-order chi connectivity index (χ1) is 16.1. The summed E-state index contributed by atoms with van der Waals surface area (Å²) in [5.74, 6) is 0.866. The SMILES string of the molecule is CNC(=O)c1ccc(N2CCC(N3CCCC(c4nc5ccncc5c(=O)[nH]4)C3)CC2)cn1. The van der Waals surface area contributed by atoms with E-state index in [2.05, 4.69) is 30.1 Å². The molecule has 3 aromatic heterocycles. The van der Waals surface area contributed by atoms with E-state index in [4.69, 9.17) is 4.98 Å². The number of fused-ring (bicyclic) bond motifs is 1. The normalized spacial score (nSPS) is 20.2. The Bertz CT molecular complexity index is 1190. The molecule has 1 amide bonds. The van der Waals surface area contributed by atoms with Crippen molar-refractivity contribution in [2.75, 3.05) is 38.1 Å². The smallest absolute Gasteiger partial charge is 0.269 e. The fraction of sp³-hybridized carbons (Fsp3) is 0.458. The number of H-pyrrole nitrogens is 1. The summed E-state index contributed by atoms with van der Waals surface area (Å²) < 4.78 is 0. The van der Waals surface area contributed by atoms with Crippen molar-refractivity contribution in [3.05, 3.63) is 58.7 Å². The van der Waals surface area contributed by atoms with Gasteiger partial charge in [0.05, 0.1) is 22.8 Å². The molecule has 9 nitrogen and oxygen atoms in total. The monoisotopic (exact) mass is 447 g/mol. The van der Waals surface area contributed by atoms with E-state index in [9.17, 15) is 9.59 Å². The van der Waals surface area contributed by atoms with Crippen LogP contribution < -0.4 is 15.8 Å². The van der Waals surface area contributed by atoms with Crippen molar-refractivity contribution in [1.29, 1.82) is 0 Å². The molecule has 2 aliphatic heterocycles. The number of piperidine rings is 2. The minimum Gasteiger partial charge on any atom is -0.370 e. The molecule has 2 saturated heterocycles. The van der Waals surface area contributed by atoms with Crippen molar-refractivity contribution in [2.24, 2.45) is 0 Å². The summed E-state index contributed by atoms with van der Waals surface area (Å²) in [4.78, 5) is 45.2. The molecular formula is C24H29N7O2. The number of amides is 1. The van der Waals surface area contributed by atoms with Gasteiger partial charge in [0.25, 0.3) is 11.5 Å². The molecule has 5 heterocycles. The van der Waals surface area contributed by atoms with Crippen molar-refractivity contribution in [3.63, 3.8) is 0 Å². The van der Waals surface area contributed by atoms with E-state index in [0.717, 1.165) is 63.4 Å². The van der Waals surface area contributed by atoms with E-state index >= 15 is 0 Å². The van der Waals surface area contributed by atoms with E-state index in [1.54, 1.807) is 37.8 Å². The van der Waals surface area contributed by atoms with Crippen LogP contribution in [0.1, 0.15) is 47.9 Å². The van der Waals surface area contributed by atoms with Gasteiger partial charge >= 0.3 is 0 Å². The first kappa shape index (κ1) is 21.5. The zero-order valence-corrected chi connectivity index (χ0v) is 18.8. The van der Waals surface area contributed by atoms with Crippen LogP contribution >= 0.6 is 0 Å². The van der Waals surface area contributed by atoms with Gasteiger partial charge in [-0.05, 0) is 50.4 Å². The molecule has 2 N–H and O–H groups in total. The molecule has 3 aromatic rings. The highest BCUT2D eigenvalue weighted by molar-refractivity contribution is 5.92. The third kappa shape index (κ3) is 4.45. The zero-order chi connectivity index (χ0) is 22.8. The number of nitrogens with one attached hydrogen (secondary N) is 2. The molecule has 2 fully saturated rings. The van der Waals surface area contributed by atoms with Gasteiger partial charge in [0.2, 0.25) is 0 Å². The third-order valence-corrected chi connectivity index (χ3v) is 6.92. The Balaban J connectivity index is 1.22. The fourth-order valence-corrected chi connectivity index (χ4v) is 5.08. The van der Waals surface area contributed by atoms with Gasteiger partial charge in [0, 0.05) is 51.0 Å². The standard InChI is InChI=1S/C24H29N7O2/c1-25-24(33)21-5-4-18(13-27-21)30-11-7-17(8-12-30)31-10-2-3-16(15-31)22-28-20-6-9-26-14-19(20)23(32)29-22/h4-6,9,13-14,16-17H,2-3,7-8,10-12,15H2,1H3,(H,25,33)(H,28,29,32). The van der Waals surface area contributed by atoms with E-state index in [0.29, 0.717) is 22.6 Å². The molecule has 5 rings (SSSR count). The first-order valence-corrected chi connectivity index (χ1v) is 11.6. The lowest BCUT2D eigenvalue weighted by molar-refractivity contribution is 0.0958. The Morgan fingerprint density at radius 3 is 2.73 bits per heavy atom. The number of hydrogen-bond donors (Lipinski definition) is 2. The molecule has 0 aromatic carbocycles. The lowest BCUT2D eigenvalue weighted by Gasteiger charge is -2.42. The van der Waals surface area contributed by atoms with Gasteiger partial charge in [-0.15, -0.1) is 0 Å². The summed E-state index contributed by atoms with van der Waals surface area (Å²) >= 11 is 0. The van der Waals surface area contributed by atoms with Crippen LogP contribution in [0.5, 0.6) is 0 Å². The fourth-order valence-electron chi connectivity index (χ4n) is 5.08. The number of rotatable bonds is 4. The highest BCUT2D eigenvalue weighted by atomic mass is 16.1. The largest absolute Gasteiger partial charge is 0.370 e. The van der Waals surface area contributed by atoms with Crippen molar-refractivity contribution in [2.45, 2.75) is 37.6 Å². The van der Waals surface area contributed by atoms with Crippen molar-refractivity contribution in [3.8, 4) is 0 Å².